The van der Waals surface area contributed by atoms with Gasteiger partial charge in [0.1, 0.15) is 12.4 Å². The molecule has 23 heavy (non-hydrogen) atoms. The lowest BCUT2D eigenvalue weighted by Gasteiger charge is -2.28. The third-order valence-corrected chi connectivity index (χ3v) is 4.12. The Labute approximate surface area is 135 Å². The summed E-state index contributed by atoms with van der Waals surface area (Å²) in [4.78, 5) is 12.6. The van der Waals surface area contributed by atoms with E-state index < -0.39 is 11.6 Å². The highest BCUT2D eigenvalue weighted by Gasteiger charge is 2.28. The van der Waals surface area contributed by atoms with Crippen LogP contribution in [0.15, 0.2) is 36.7 Å². The van der Waals surface area contributed by atoms with Crippen LogP contribution < -0.4 is 5.32 Å². The first kappa shape index (κ1) is 17.1. The predicted octanol–water partition coefficient (Wildman–Crippen LogP) is 0.980. The van der Waals surface area contributed by atoms with Gasteiger partial charge in [-0.2, -0.15) is 0 Å². The van der Waals surface area contributed by atoms with E-state index in [2.05, 4.69) is 20.8 Å². The van der Waals surface area contributed by atoms with Crippen molar-refractivity contribution in [2.24, 2.45) is 5.92 Å². The van der Waals surface area contributed by atoms with Gasteiger partial charge in [0.05, 0.1) is 5.60 Å². The van der Waals surface area contributed by atoms with E-state index in [1.165, 1.54) is 11.0 Å². The van der Waals surface area contributed by atoms with Crippen LogP contribution in [0.3, 0.4) is 0 Å². The molecule has 2 atom stereocenters. The zero-order chi connectivity index (χ0) is 16.9. The number of carbonyl (C=O) groups is 1. The summed E-state index contributed by atoms with van der Waals surface area (Å²) in [7, 11) is 0. The number of amides is 1. The summed E-state index contributed by atoms with van der Waals surface area (Å²) in [6, 6.07) is 9.12. The summed E-state index contributed by atoms with van der Waals surface area (Å²) in [5.74, 6) is -0.189. The van der Waals surface area contributed by atoms with E-state index in [1.54, 1.807) is 6.92 Å². The molecule has 0 aliphatic carbocycles. The molecule has 7 heteroatoms. The highest BCUT2D eigenvalue weighted by Crippen LogP contribution is 2.17. The topological polar surface area (TPSA) is 92.9 Å². The van der Waals surface area contributed by atoms with E-state index in [9.17, 15) is 9.90 Å². The Morgan fingerprint density at radius 3 is 2.61 bits per heavy atom. The minimum absolute atomic E-state index is 0.0309. The molecule has 0 aliphatic rings. The number of carbonyl (C=O) groups excluding carboxylic acids is 1. The van der Waals surface area contributed by atoms with Crippen LogP contribution in [0.25, 0.3) is 0 Å². The molecule has 0 aliphatic heterocycles. The van der Waals surface area contributed by atoms with Crippen LogP contribution in [0, 0.1) is 5.92 Å². The lowest BCUT2D eigenvalue weighted by atomic mass is 9.92. The second-order valence-corrected chi connectivity index (χ2v) is 6.23. The van der Waals surface area contributed by atoms with E-state index in [-0.39, 0.29) is 18.4 Å². The smallest absolute Gasteiger partial charge is 0.245 e. The van der Waals surface area contributed by atoms with Crippen molar-refractivity contribution < 1.29 is 9.90 Å². The molecule has 0 saturated heterocycles. The normalized spacial score (nSPS) is 15.2. The van der Waals surface area contributed by atoms with Crippen molar-refractivity contribution in [1.29, 1.82) is 0 Å². The monoisotopic (exact) mass is 317 g/mol. The van der Waals surface area contributed by atoms with Crippen LogP contribution in [0.5, 0.6) is 0 Å². The standard InChI is InChI=1S/C16H23N5O2/c1-12(2)16(3,23)10-17-15(22)14(21-11-18-19-20-21)9-13-7-5-4-6-8-13/h4-8,11-12,14,23H,9-10H2,1-3H3,(H,17,22). The first-order chi connectivity index (χ1) is 10.9. The number of hydrogen-bond acceptors (Lipinski definition) is 5. The van der Waals surface area contributed by atoms with Gasteiger partial charge in [0.15, 0.2) is 0 Å². The number of tetrazole rings is 1. The molecule has 1 heterocycles. The first-order valence-corrected chi connectivity index (χ1v) is 7.66. The van der Waals surface area contributed by atoms with Crippen molar-refractivity contribution in [1.82, 2.24) is 25.5 Å². The molecular formula is C16H23N5O2. The van der Waals surface area contributed by atoms with Crippen molar-refractivity contribution >= 4 is 5.91 Å². The lowest BCUT2D eigenvalue weighted by molar-refractivity contribution is -0.126. The second kappa shape index (κ2) is 7.32. The largest absolute Gasteiger partial charge is 0.388 e. The Morgan fingerprint density at radius 1 is 1.35 bits per heavy atom. The highest BCUT2D eigenvalue weighted by molar-refractivity contribution is 5.80. The maximum Gasteiger partial charge on any atom is 0.245 e. The maximum absolute atomic E-state index is 12.6. The molecule has 2 aromatic rings. The summed E-state index contributed by atoms with van der Waals surface area (Å²) in [6.07, 6.45) is 1.90. The van der Waals surface area contributed by atoms with Crippen molar-refractivity contribution in [3.8, 4) is 0 Å². The van der Waals surface area contributed by atoms with Crippen LogP contribution in [0.2, 0.25) is 0 Å². The average molecular weight is 317 g/mol. The molecule has 2 unspecified atom stereocenters. The van der Waals surface area contributed by atoms with E-state index in [0.717, 1.165) is 5.56 Å². The molecule has 0 fully saturated rings. The minimum Gasteiger partial charge on any atom is -0.388 e. The molecule has 0 radical (unpaired) electrons. The number of hydrogen-bond donors (Lipinski definition) is 2. The second-order valence-electron chi connectivity index (χ2n) is 6.23. The first-order valence-electron chi connectivity index (χ1n) is 7.66. The molecule has 7 nitrogen and oxygen atoms in total. The van der Waals surface area contributed by atoms with Crippen molar-refractivity contribution in [2.45, 2.75) is 38.8 Å². The quantitative estimate of drug-likeness (QED) is 0.794. The molecule has 0 spiro atoms. The number of aliphatic hydroxyl groups is 1. The van der Waals surface area contributed by atoms with Gasteiger partial charge in [-0.05, 0) is 28.8 Å². The minimum atomic E-state index is -0.965. The molecule has 1 amide bonds. The van der Waals surface area contributed by atoms with E-state index in [4.69, 9.17) is 0 Å². The molecule has 1 aromatic carbocycles. The number of nitrogens with zero attached hydrogens (tertiary/aromatic N) is 4. The number of rotatable bonds is 7. The highest BCUT2D eigenvalue weighted by atomic mass is 16.3. The molecule has 2 rings (SSSR count). The molecule has 0 bridgehead atoms. The number of nitrogens with one attached hydrogen (secondary N) is 1. The van der Waals surface area contributed by atoms with E-state index in [0.29, 0.717) is 6.42 Å². The van der Waals surface area contributed by atoms with Crippen LogP contribution in [-0.4, -0.2) is 43.4 Å². The summed E-state index contributed by atoms with van der Waals surface area (Å²) in [5.41, 5.74) is 0.0480. The van der Waals surface area contributed by atoms with Crippen LogP contribution >= 0.6 is 0 Å². The summed E-state index contributed by atoms with van der Waals surface area (Å²) < 4.78 is 1.44. The molecule has 124 valence electrons. The lowest BCUT2D eigenvalue weighted by Crippen LogP contribution is -2.46. The van der Waals surface area contributed by atoms with Gasteiger partial charge in [-0.25, -0.2) is 4.68 Å². The predicted molar refractivity (Wildman–Crippen MR) is 85.5 cm³/mol. The third-order valence-electron chi connectivity index (χ3n) is 4.12. The van der Waals surface area contributed by atoms with E-state index >= 15 is 0 Å². The Morgan fingerprint density at radius 2 is 2.04 bits per heavy atom. The van der Waals surface area contributed by atoms with Gasteiger partial charge in [0.2, 0.25) is 5.91 Å². The SMILES string of the molecule is CC(C)C(C)(O)CNC(=O)C(Cc1ccccc1)n1cnnn1. The van der Waals surface area contributed by atoms with Crippen molar-refractivity contribution in [2.75, 3.05) is 6.54 Å². The molecule has 0 saturated carbocycles. The Balaban J connectivity index is 2.10. The Kier molecular flexibility index (Phi) is 5.44. The zero-order valence-corrected chi connectivity index (χ0v) is 13.7. The summed E-state index contributed by atoms with van der Waals surface area (Å²) in [5, 5.41) is 24.1. The Bertz CT molecular complexity index is 611. The van der Waals surface area contributed by atoms with Gasteiger partial charge < -0.3 is 10.4 Å². The Hall–Kier alpha value is -2.28. The van der Waals surface area contributed by atoms with Gasteiger partial charge >= 0.3 is 0 Å². The fourth-order valence-electron chi connectivity index (χ4n) is 2.04. The van der Waals surface area contributed by atoms with Gasteiger partial charge in [-0.1, -0.05) is 44.2 Å². The van der Waals surface area contributed by atoms with Crippen molar-refractivity contribution in [3.05, 3.63) is 42.2 Å². The molecule has 1 aromatic heterocycles. The average Bonchev–Trinajstić information content (AvgIpc) is 3.05. The van der Waals surface area contributed by atoms with Gasteiger partial charge in [-0.15, -0.1) is 5.10 Å². The number of aromatic nitrogens is 4. The van der Waals surface area contributed by atoms with Crippen LogP contribution in [0.1, 0.15) is 32.4 Å². The zero-order valence-electron chi connectivity index (χ0n) is 13.7. The fraction of sp³-hybridized carbons (Fsp3) is 0.500. The molecule has 2 N–H and O–H groups in total. The fourth-order valence-corrected chi connectivity index (χ4v) is 2.04. The molecular weight excluding hydrogens is 294 g/mol. The summed E-state index contributed by atoms with van der Waals surface area (Å²) >= 11 is 0. The maximum atomic E-state index is 12.6. The van der Waals surface area contributed by atoms with E-state index in [1.807, 2.05) is 44.2 Å². The van der Waals surface area contributed by atoms with Gasteiger partial charge in [0.25, 0.3) is 0 Å². The number of benzene rings is 1. The van der Waals surface area contributed by atoms with Gasteiger partial charge in [-0.3, -0.25) is 4.79 Å². The van der Waals surface area contributed by atoms with Gasteiger partial charge in [0, 0.05) is 13.0 Å². The van der Waals surface area contributed by atoms with Crippen LogP contribution in [0.4, 0.5) is 0 Å². The third kappa shape index (κ3) is 4.59. The van der Waals surface area contributed by atoms with Crippen molar-refractivity contribution in [3.63, 3.8) is 0 Å². The summed E-state index contributed by atoms with van der Waals surface area (Å²) in [6.45, 7) is 5.71. The van der Waals surface area contributed by atoms with Crippen LogP contribution in [-0.2, 0) is 11.2 Å².